The molecule has 3 N–H and O–H groups in total. The smallest absolute Gasteiger partial charge is 0.256 e. The molecule has 0 saturated carbocycles. The molecule has 0 radical (unpaired) electrons. The van der Waals surface area contributed by atoms with E-state index in [9.17, 15) is 9.59 Å². The summed E-state index contributed by atoms with van der Waals surface area (Å²) >= 11 is 1.50. The van der Waals surface area contributed by atoms with Gasteiger partial charge >= 0.3 is 0 Å². The average Bonchev–Trinajstić information content (AvgIpc) is 3.05. The lowest BCUT2D eigenvalue weighted by Gasteiger charge is -2.36. The Balaban J connectivity index is 1.85. The van der Waals surface area contributed by atoms with Gasteiger partial charge in [0.15, 0.2) is 0 Å². The number of hydrogen-bond acceptors (Lipinski definition) is 4. The van der Waals surface area contributed by atoms with Crippen LogP contribution in [-0.2, 0) is 12.8 Å². The molecule has 0 saturated heterocycles. The maximum Gasteiger partial charge on any atom is 0.256 e. The van der Waals surface area contributed by atoms with E-state index in [2.05, 4.69) is 26.1 Å². The first-order valence-electron chi connectivity index (χ1n) is 10.2. The highest BCUT2D eigenvalue weighted by atomic mass is 32.1. The van der Waals surface area contributed by atoms with Crippen LogP contribution >= 0.6 is 11.3 Å². The fourth-order valence-corrected chi connectivity index (χ4v) is 5.26. The summed E-state index contributed by atoms with van der Waals surface area (Å²) in [4.78, 5) is 26.1. The molecule has 1 heterocycles. The number of thiophene rings is 1. The van der Waals surface area contributed by atoms with E-state index < -0.39 is 5.91 Å². The number of carbonyl (C=O) groups excluding carboxylic acids is 2. The second-order valence-corrected chi connectivity index (χ2v) is 9.37. The summed E-state index contributed by atoms with van der Waals surface area (Å²) in [5.74, 6) is 0.560. The van der Waals surface area contributed by atoms with E-state index in [0.717, 1.165) is 37.0 Å². The van der Waals surface area contributed by atoms with E-state index in [1.54, 1.807) is 24.3 Å². The van der Waals surface area contributed by atoms with Crippen LogP contribution in [0.2, 0.25) is 0 Å². The molecule has 0 aliphatic heterocycles. The van der Waals surface area contributed by atoms with Crippen LogP contribution in [0.3, 0.4) is 0 Å². The zero-order chi connectivity index (χ0) is 21.2. The molecule has 1 unspecified atom stereocenters. The van der Waals surface area contributed by atoms with Gasteiger partial charge in [-0.3, -0.25) is 9.59 Å². The molecule has 5 nitrogen and oxygen atoms in total. The fourth-order valence-electron chi connectivity index (χ4n) is 3.93. The van der Waals surface area contributed by atoms with E-state index in [1.807, 2.05) is 6.92 Å². The topological polar surface area (TPSA) is 81.4 Å². The van der Waals surface area contributed by atoms with E-state index in [0.29, 0.717) is 28.7 Å². The van der Waals surface area contributed by atoms with E-state index >= 15 is 0 Å². The highest BCUT2D eigenvalue weighted by Crippen LogP contribution is 2.45. The van der Waals surface area contributed by atoms with Crippen molar-refractivity contribution in [1.29, 1.82) is 0 Å². The van der Waals surface area contributed by atoms with Crippen molar-refractivity contribution >= 4 is 28.2 Å². The van der Waals surface area contributed by atoms with Crippen molar-refractivity contribution < 1.29 is 14.3 Å². The van der Waals surface area contributed by atoms with Gasteiger partial charge in [-0.1, -0.05) is 27.2 Å². The molecule has 1 aliphatic carbocycles. The Hall–Kier alpha value is -2.34. The van der Waals surface area contributed by atoms with Gasteiger partial charge in [-0.05, 0) is 67.3 Å². The molecule has 29 heavy (non-hydrogen) atoms. The van der Waals surface area contributed by atoms with Crippen LogP contribution in [0.5, 0.6) is 5.75 Å². The van der Waals surface area contributed by atoms with Crippen molar-refractivity contribution in [2.45, 2.75) is 53.4 Å². The Bertz CT molecular complexity index is 900. The third kappa shape index (κ3) is 4.47. The molecule has 0 fully saturated rings. The van der Waals surface area contributed by atoms with Gasteiger partial charge in [0.2, 0.25) is 0 Å². The van der Waals surface area contributed by atoms with Gasteiger partial charge in [-0.2, -0.15) is 0 Å². The summed E-state index contributed by atoms with van der Waals surface area (Å²) in [5, 5.41) is 3.49. The zero-order valence-corrected chi connectivity index (χ0v) is 18.4. The number of anilines is 1. The predicted molar refractivity (Wildman–Crippen MR) is 118 cm³/mol. The second kappa shape index (κ2) is 8.57. The Morgan fingerprint density at radius 3 is 2.52 bits per heavy atom. The standard InChI is InChI=1S/C23H30N2O3S/c1-5-23(3,4)15-9-12-17-18(13-15)29-22(19(17)20(24)26)25-21(27)14-7-10-16(11-8-14)28-6-2/h7-8,10-11,15H,5-6,9,12-13H2,1-4H3,(H2,24,26)(H,25,27). The molecule has 0 bridgehead atoms. The van der Waals surface area contributed by atoms with Gasteiger partial charge in [0.25, 0.3) is 11.8 Å². The summed E-state index contributed by atoms with van der Waals surface area (Å²) in [6, 6.07) is 6.98. The molecular weight excluding hydrogens is 384 g/mol. The van der Waals surface area contributed by atoms with Gasteiger partial charge in [-0.15, -0.1) is 11.3 Å². The van der Waals surface area contributed by atoms with Crippen molar-refractivity contribution in [3.63, 3.8) is 0 Å². The molecule has 3 rings (SSSR count). The summed E-state index contributed by atoms with van der Waals surface area (Å²) < 4.78 is 5.42. The molecule has 1 aromatic carbocycles. The van der Waals surface area contributed by atoms with Crippen LogP contribution in [0.15, 0.2) is 24.3 Å². The number of nitrogens with one attached hydrogen (secondary N) is 1. The molecule has 2 aromatic rings. The third-order valence-corrected chi connectivity index (χ3v) is 7.35. The molecule has 2 amide bonds. The summed E-state index contributed by atoms with van der Waals surface area (Å²) in [6.45, 7) is 9.32. The number of hydrogen-bond donors (Lipinski definition) is 2. The van der Waals surface area contributed by atoms with Crippen LogP contribution in [0.25, 0.3) is 0 Å². The maximum absolute atomic E-state index is 12.7. The Morgan fingerprint density at radius 1 is 1.24 bits per heavy atom. The number of amides is 2. The van der Waals surface area contributed by atoms with Crippen molar-refractivity contribution in [1.82, 2.24) is 0 Å². The minimum Gasteiger partial charge on any atom is -0.494 e. The summed E-state index contributed by atoms with van der Waals surface area (Å²) in [5.41, 5.74) is 7.97. The molecule has 1 aromatic heterocycles. The molecule has 156 valence electrons. The lowest BCUT2D eigenvalue weighted by molar-refractivity contribution is 0.0999. The first-order valence-corrected chi connectivity index (χ1v) is 11.1. The Morgan fingerprint density at radius 2 is 1.93 bits per heavy atom. The number of nitrogens with two attached hydrogens (primary N) is 1. The van der Waals surface area contributed by atoms with Crippen molar-refractivity contribution in [3.05, 3.63) is 45.8 Å². The van der Waals surface area contributed by atoms with E-state index in [-0.39, 0.29) is 11.3 Å². The number of benzene rings is 1. The SMILES string of the molecule is CCOc1ccc(C(=O)Nc2sc3c(c2C(N)=O)CCC(C(C)(C)CC)C3)cc1. The van der Waals surface area contributed by atoms with Crippen molar-refractivity contribution in [3.8, 4) is 5.75 Å². The van der Waals surface area contributed by atoms with Gasteiger partial charge in [0.05, 0.1) is 12.2 Å². The zero-order valence-electron chi connectivity index (χ0n) is 17.6. The number of carbonyl (C=O) groups is 2. The quantitative estimate of drug-likeness (QED) is 0.666. The van der Waals surface area contributed by atoms with Gasteiger partial charge in [0, 0.05) is 10.4 Å². The minimum absolute atomic E-state index is 0.250. The van der Waals surface area contributed by atoms with Gasteiger partial charge in [-0.25, -0.2) is 0 Å². The Labute approximate surface area is 176 Å². The lowest BCUT2D eigenvalue weighted by Crippen LogP contribution is -2.29. The van der Waals surface area contributed by atoms with E-state index in [1.165, 1.54) is 16.2 Å². The first-order chi connectivity index (χ1) is 13.8. The van der Waals surface area contributed by atoms with E-state index in [4.69, 9.17) is 10.5 Å². The van der Waals surface area contributed by atoms with Crippen LogP contribution < -0.4 is 15.8 Å². The van der Waals surface area contributed by atoms with Crippen LogP contribution in [0, 0.1) is 11.3 Å². The summed E-state index contributed by atoms with van der Waals surface area (Å²) in [7, 11) is 0. The number of primary amides is 1. The monoisotopic (exact) mass is 414 g/mol. The number of fused-ring (bicyclic) bond motifs is 1. The predicted octanol–water partition coefficient (Wildman–Crippen LogP) is 5.04. The second-order valence-electron chi connectivity index (χ2n) is 8.27. The molecule has 0 spiro atoms. The normalized spacial score (nSPS) is 16.2. The maximum atomic E-state index is 12.7. The van der Waals surface area contributed by atoms with Gasteiger partial charge < -0.3 is 15.8 Å². The molecule has 1 aliphatic rings. The largest absolute Gasteiger partial charge is 0.494 e. The highest BCUT2D eigenvalue weighted by Gasteiger charge is 2.35. The third-order valence-electron chi connectivity index (χ3n) is 6.18. The molecule has 1 atom stereocenters. The van der Waals surface area contributed by atoms with Crippen LogP contribution in [0.4, 0.5) is 5.00 Å². The van der Waals surface area contributed by atoms with Crippen molar-refractivity contribution in [2.24, 2.45) is 17.1 Å². The molecular formula is C23H30N2O3S. The highest BCUT2D eigenvalue weighted by molar-refractivity contribution is 7.17. The molecule has 6 heteroatoms. The first kappa shape index (κ1) is 21.4. The Kier molecular flexibility index (Phi) is 6.32. The fraction of sp³-hybridized carbons (Fsp3) is 0.478. The number of ether oxygens (including phenoxy) is 1. The lowest BCUT2D eigenvalue weighted by atomic mass is 9.69. The van der Waals surface area contributed by atoms with Gasteiger partial charge in [0.1, 0.15) is 10.8 Å². The average molecular weight is 415 g/mol. The van der Waals surface area contributed by atoms with Crippen LogP contribution in [0.1, 0.15) is 71.7 Å². The number of rotatable bonds is 7. The van der Waals surface area contributed by atoms with Crippen molar-refractivity contribution in [2.75, 3.05) is 11.9 Å². The van der Waals surface area contributed by atoms with Crippen LogP contribution in [-0.4, -0.2) is 18.4 Å². The minimum atomic E-state index is -0.474. The summed E-state index contributed by atoms with van der Waals surface area (Å²) in [6.07, 6.45) is 3.91.